The molecule has 0 spiro atoms. The molecule has 2 aromatic rings. The molecule has 18 heavy (non-hydrogen) atoms. The van der Waals surface area contributed by atoms with Crippen molar-refractivity contribution in [1.29, 1.82) is 0 Å². The van der Waals surface area contributed by atoms with E-state index in [0.29, 0.717) is 9.86 Å². The summed E-state index contributed by atoms with van der Waals surface area (Å²) in [7, 11) is 0. The summed E-state index contributed by atoms with van der Waals surface area (Å²) in [5.41, 5.74) is 2.52. The van der Waals surface area contributed by atoms with Crippen molar-refractivity contribution in [2.24, 2.45) is 5.84 Å². The normalized spacial score (nSPS) is 11.9. The molecule has 96 valence electrons. The van der Waals surface area contributed by atoms with E-state index >= 15 is 0 Å². The van der Waals surface area contributed by atoms with E-state index < -0.39 is 11.9 Å². The van der Waals surface area contributed by atoms with Gasteiger partial charge in [-0.25, -0.2) is 4.98 Å². The number of aromatic nitrogens is 1. The van der Waals surface area contributed by atoms with Crippen LogP contribution in [0.25, 0.3) is 10.9 Å². The molecule has 0 aliphatic carbocycles. The molecule has 0 aliphatic heterocycles. The number of hydrogen-bond donors (Lipinski definition) is 2. The number of pyridine rings is 1. The monoisotopic (exact) mass is 319 g/mol. The summed E-state index contributed by atoms with van der Waals surface area (Å²) in [6.45, 7) is 1.78. The minimum absolute atomic E-state index is 0.188. The number of hydrazine groups is 1. The van der Waals surface area contributed by atoms with Gasteiger partial charge in [-0.1, -0.05) is 12.1 Å². The molecule has 0 saturated carbocycles. The summed E-state index contributed by atoms with van der Waals surface area (Å²) in [4.78, 5) is 3.65. The van der Waals surface area contributed by atoms with E-state index in [4.69, 9.17) is 5.84 Å². The van der Waals surface area contributed by atoms with Crippen LogP contribution in [0.15, 0.2) is 22.7 Å². The lowest BCUT2D eigenvalue weighted by Crippen LogP contribution is -2.13. The summed E-state index contributed by atoms with van der Waals surface area (Å²) in [6, 6.07) is 4.35. The first-order valence-corrected chi connectivity index (χ1v) is 5.77. The fraction of sp³-hybridized carbons (Fsp3) is 0.182. The highest BCUT2D eigenvalue weighted by Crippen LogP contribution is 2.35. The van der Waals surface area contributed by atoms with Gasteiger partial charge in [0.15, 0.2) is 0 Å². The highest BCUT2D eigenvalue weighted by Gasteiger charge is 2.33. The zero-order valence-electron chi connectivity index (χ0n) is 9.27. The van der Waals surface area contributed by atoms with E-state index in [1.54, 1.807) is 19.1 Å². The summed E-state index contributed by atoms with van der Waals surface area (Å²) in [5.74, 6) is 5.26. The van der Waals surface area contributed by atoms with E-state index in [9.17, 15) is 13.2 Å². The van der Waals surface area contributed by atoms with Crippen molar-refractivity contribution in [3.63, 3.8) is 0 Å². The van der Waals surface area contributed by atoms with E-state index in [-0.39, 0.29) is 11.2 Å². The van der Waals surface area contributed by atoms with Crippen LogP contribution >= 0.6 is 15.9 Å². The maximum atomic E-state index is 12.7. The molecule has 2 rings (SSSR count). The largest absolute Gasteiger partial charge is 0.433 e. The van der Waals surface area contributed by atoms with Gasteiger partial charge in [0.2, 0.25) is 0 Å². The van der Waals surface area contributed by atoms with Gasteiger partial charge in [-0.05, 0) is 34.5 Å². The first-order chi connectivity index (χ1) is 8.34. The fourth-order valence-corrected chi connectivity index (χ4v) is 2.06. The highest BCUT2D eigenvalue weighted by molar-refractivity contribution is 9.10. The Hall–Kier alpha value is -1.34. The Bertz CT molecular complexity index is 610. The molecular formula is C11H9BrF3N3. The molecule has 0 amide bonds. The van der Waals surface area contributed by atoms with E-state index in [0.717, 1.165) is 11.6 Å². The van der Waals surface area contributed by atoms with Gasteiger partial charge in [-0.2, -0.15) is 13.2 Å². The Labute approximate surface area is 109 Å². The average molecular weight is 320 g/mol. The summed E-state index contributed by atoms with van der Waals surface area (Å²) < 4.78 is 38.7. The summed E-state index contributed by atoms with van der Waals surface area (Å²) in [5, 5.41) is 0.531. The average Bonchev–Trinajstić information content (AvgIpc) is 2.31. The van der Waals surface area contributed by atoms with Gasteiger partial charge in [0.25, 0.3) is 0 Å². The molecule has 7 heteroatoms. The number of nitrogens with two attached hydrogens (primary N) is 1. The van der Waals surface area contributed by atoms with Crippen LogP contribution < -0.4 is 11.3 Å². The molecule has 3 nitrogen and oxygen atoms in total. The number of hydrogen-bond acceptors (Lipinski definition) is 3. The third-order valence-electron chi connectivity index (χ3n) is 2.56. The van der Waals surface area contributed by atoms with Crippen molar-refractivity contribution in [2.75, 3.05) is 5.43 Å². The number of anilines is 1. The number of aryl methyl sites for hydroxylation is 1. The Morgan fingerprint density at radius 3 is 2.56 bits per heavy atom. The number of rotatable bonds is 1. The Morgan fingerprint density at radius 2 is 2.00 bits per heavy atom. The van der Waals surface area contributed by atoms with Gasteiger partial charge >= 0.3 is 6.18 Å². The molecule has 1 aromatic heterocycles. The smallest absolute Gasteiger partial charge is 0.323 e. The van der Waals surface area contributed by atoms with Crippen LogP contribution in [0.4, 0.5) is 18.9 Å². The quantitative estimate of drug-likeness (QED) is 0.623. The molecule has 0 fully saturated rings. The maximum absolute atomic E-state index is 12.7. The van der Waals surface area contributed by atoms with Gasteiger partial charge in [0, 0.05) is 9.86 Å². The molecule has 0 unspecified atom stereocenters. The van der Waals surface area contributed by atoms with Crippen LogP contribution in [0.5, 0.6) is 0 Å². The summed E-state index contributed by atoms with van der Waals surface area (Å²) in [6.07, 6.45) is -4.51. The van der Waals surface area contributed by atoms with Gasteiger partial charge < -0.3 is 5.43 Å². The molecule has 0 bridgehead atoms. The second kappa shape index (κ2) is 4.40. The van der Waals surface area contributed by atoms with Crippen LogP contribution in [-0.4, -0.2) is 4.98 Å². The van der Waals surface area contributed by atoms with Crippen LogP contribution in [0.3, 0.4) is 0 Å². The van der Waals surface area contributed by atoms with E-state index in [2.05, 4.69) is 26.3 Å². The standard InChI is InChI=1S/C11H9BrF3N3/c1-5-2-3-6-7(18-16)4-8(11(13,14)15)17-10(6)9(5)12/h2-4H,16H2,1H3,(H,17,18). The van der Waals surface area contributed by atoms with Crippen molar-refractivity contribution >= 4 is 32.5 Å². The lowest BCUT2D eigenvalue weighted by Gasteiger charge is -2.13. The van der Waals surface area contributed by atoms with Crippen LogP contribution in [0.1, 0.15) is 11.3 Å². The van der Waals surface area contributed by atoms with Crippen molar-refractivity contribution in [2.45, 2.75) is 13.1 Å². The van der Waals surface area contributed by atoms with Crippen LogP contribution in [0, 0.1) is 6.92 Å². The number of nitrogens with one attached hydrogen (secondary N) is 1. The van der Waals surface area contributed by atoms with Gasteiger partial charge in [-0.3, -0.25) is 5.84 Å². The maximum Gasteiger partial charge on any atom is 0.433 e. The topological polar surface area (TPSA) is 50.9 Å². The second-order valence-corrected chi connectivity index (χ2v) is 4.58. The van der Waals surface area contributed by atoms with Gasteiger partial charge in [0.1, 0.15) is 5.69 Å². The zero-order valence-corrected chi connectivity index (χ0v) is 10.9. The molecule has 0 radical (unpaired) electrons. The molecular weight excluding hydrogens is 311 g/mol. The molecule has 1 aromatic carbocycles. The minimum Gasteiger partial charge on any atom is -0.323 e. The lowest BCUT2D eigenvalue weighted by atomic mass is 10.1. The molecule has 0 atom stereocenters. The SMILES string of the molecule is Cc1ccc2c(NN)cc(C(F)(F)F)nc2c1Br. The zero-order chi connectivity index (χ0) is 13.5. The second-order valence-electron chi connectivity index (χ2n) is 3.79. The number of halogens is 4. The minimum atomic E-state index is -4.51. The Kier molecular flexibility index (Phi) is 3.20. The highest BCUT2D eigenvalue weighted by atomic mass is 79.9. The summed E-state index contributed by atoms with van der Waals surface area (Å²) >= 11 is 3.25. The Balaban J connectivity index is 2.85. The fourth-order valence-electron chi connectivity index (χ4n) is 1.62. The van der Waals surface area contributed by atoms with Crippen molar-refractivity contribution < 1.29 is 13.2 Å². The molecule has 0 aliphatic rings. The molecule has 3 N–H and O–H groups in total. The van der Waals surface area contributed by atoms with Crippen LogP contribution in [-0.2, 0) is 6.18 Å². The van der Waals surface area contributed by atoms with Gasteiger partial charge in [0.05, 0.1) is 11.2 Å². The third-order valence-corrected chi connectivity index (χ3v) is 3.56. The number of alkyl halides is 3. The number of fused-ring (bicyclic) bond motifs is 1. The predicted molar refractivity (Wildman–Crippen MR) is 67.0 cm³/mol. The number of benzene rings is 1. The van der Waals surface area contributed by atoms with E-state index in [1.807, 2.05) is 0 Å². The third kappa shape index (κ3) is 2.15. The first kappa shape index (κ1) is 13.1. The van der Waals surface area contributed by atoms with Crippen molar-refractivity contribution in [1.82, 2.24) is 4.98 Å². The van der Waals surface area contributed by atoms with Gasteiger partial charge in [-0.15, -0.1) is 0 Å². The van der Waals surface area contributed by atoms with E-state index in [1.165, 1.54) is 0 Å². The Morgan fingerprint density at radius 1 is 1.33 bits per heavy atom. The molecule has 1 heterocycles. The van der Waals surface area contributed by atoms with Crippen LogP contribution in [0.2, 0.25) is 0 Å². The predicted octanol–water partition coefficient (Wildman–Crippen LogP) is 3.61. The van der Waals surface area contributed by atoms with Crippen molar-refractivity contribution in [3.05, 3.63) is 33.9 Å². The number of nitrogen functional groups attached to an aromatic ring is 1. The van der Waals surface area contributed by atoms with Crippen molar-refractivity contribution in [3.8, 4) is 0 Å². The first-order valence-electron chi connectivity index (χ1n) is 4.98. The molecule has 0 saturated heterocycles. The lowest BCUT2D eigenvalue weighted by molar-refractivity contribution is -0.140. The number of nitrogens with zero attached hydrogens (tertiary/aromatic N) is 1.